The zero-order valence-electron chi connectivity index (χ0n) is 19.1. The van der Waals surface area contributed by atoms with Crippen LogP contribution in [0.15, 0.2) is 133 Å². The summed E-state index contributed by atoms with van der Waals surface area (Å²) in [6.45, 7) is 0. The molecule has 6 rings (SSSR count). The molecule has 0 saturated heterocycles. The number of rotatable bonds is 4. The average molecular weight is 572 g/mol. The molecule has 3 heteroatoms. The van der Waals surface area contributed by atoms with E-state index in [1.165, 1.54) is 53.9 Å². The molecule has 1 atom stereocenters. The fourth-order valence-corrected chi connectivity index (χ4v) is 7.73. The average Bonchev–Trinajstić information content (AvgIpc) is 2.90. The largest absolute Gasteiger partial charge is 0.105 e. The van der Waals surface area contributed by atoms with Gasteiger partial charge in [0.1, 0.15) is 0 Å². The Morgan fingerprint density at radius 3 is 1.46 bits per heavy atom. The van der Waals surface area contributed by atoms with Crippen LogP contribution in [0, 0.1) is 0 Å². The summed E-state index contributed by atoms with van der Waals surface area (Å²) in [6.07, 6.45) is 0. The molecule has 35 heavy (non-hydrogen) atoms. The van der Waals surface area contributed by atoms with Gasteiger partial charge in [0.2, 0.25) is 0 Å². The van der Waals surface area contributed by atoms with Crippen LogP contribution < -0.4 is 21.2 Å². The number of hydrogen-bond donors (Lipinski definition) is 0. The Morgan fingerprint density at radius 1 is 0.429 bits per heavy atom. The SMILES string of the molecule is Pc1ccc2ccccc2c1-c1c(P(c2ccccc2)c2ccccc2)ccc2ccccc12.[Ru]. The molecule has 0 radical (unpaired) electrons. The van der Waals surface area contributed by atoms with E-state index in [0.717, 1.165) is 0 Å². The van der Waals surface area contributed by atoms with Gasteiger partial charge in [0.25, 0.3) is 0 Å². The normalized spacial score (nSPS) is 11.0. The van der Waals surface area contributed by atoms with Crippen molar-refractivity contribution < 1.29 is 19.5 Å². The van der Waals surface area contributed by atoms with Crippen LogP contribution >= 0.6 is 17.2 Å². The molecule has 0 bridgehead atoms. The van der Waals surface area contributed by atoms with Crippen molar-refractivity contribution in [2.24, 2.45) is 0 Å². The predicted molar refractivity (Wildman–Crippen MR) is 155 cm³/mol. The van der Waals surface area contributed by atoms with E-state index >= 15 is 0 Å². The van der Waals surface area contributed by atoms with Crippen LogP contribution in [0.3, 0.4) is 0 Å². The Kier molecular flexibility index (Phi) is 7.23. The van der Waals surface area contributed by atoms with Gasteiger partial charge in [-0.15, -0.1) is 9.24 Å². The van der Waals surface area contributed by atoms with Crippen LogP contribution in [0.25, 0.3) is 32.7 Å². The van der Waals surface area contributed by atoms with E-state index in [0.29, 0.717) is 0 Å². The molecule has 0 heterocycles. The van der Waals surface area contributed by atoms with Gasteiger partial charge in [0.05, 0.1) is 0 Å². The van der Waals surface area contributed by atoms with Crippen molar-refractivity contribution in [1.82, 2.24) is 0 Å². The molecule has 1 unspecified atom stereocenters. The molecule has 6 aromatic carbocycles. The van der Waals surface area contributed by atoms with Gasteiger partial charge in [-0.05, 0) is 61.8 Å². The third kappa shape index (κ3) is 4.50. The molecular weight excluding hydrogens is 547 g/mol. The van der Waals surface area contributed by atoms with Crippen LogP contribution in [0.4, 0.5) is 0 Å². The first-order valence-corrected chi connectivity index (χ1v) is 13.4. The van der Waals surface area contributed by atoms with Crippen LogP contribution in [0.2, 0.25) is 0 Å². The molecule has 6 aromatic rings. The Bertz CT molecular complexity index is 1570. The topological polar surface area (TPSA) is 0 Å². The van der Waals surface area contributed by atoms with E-state index in [4.69, 9.17) is 0 Å². The molecule has 0 spiro atoms. The summed E-state index contributed by atoms with van der Waals surface area (Å²) in [5.74, 6) is 0. The minimum atomic E-state index is -0.741. The fourth-order valence-electron chi connectivity index (χ4n) is 4.86. The molecule has 0 aliphatic rings. The van der Waals surface area contributed by atoms with Gasteiger partial charge in [-0.1, -0.05) is 133 Å². The summed E-state index contributed by atoms with van der Waals surface area (Å²) >= 11 is 0. The summed E-state index contributed by atoms with van der Waals surface area (Å²) < 4.78 is 0. The maximum absolute atomic E-state index is 3.00. The second-order valence-electron chi connectivity index (χ2n) is 8.44. The minimum Gasteiger partial charge on any atom is -0.105 e. The molecular formula is C32H24P2Ru. The van der Waals surface area contributed by atoms with Gasteiger partial charge < -0.3 is 0 Å². The van der Waals surface area contributed by atoms with Crippen LogP contribution in [-0.2, 0) is 19.5 Å². The standard InChI is InChI=1S/C32H24P2.Ru/c33-29-21-19-23-11-7-9-17-27(23)31(29)32-28-18-10-8-12-24(28)20-22-30(32)34(25-13-3-1-4-14-25)26-15-5-2-6-16-26;/h1-22H,33H2;. The molecule has 0 aliphatic heterocycles. The smallest absolute Gasteiger partial charge is 0 e. The van der Waals surface area contributed by atoms with E-state index in [1.807, 2.05) is 0 Å². The third-order valence-electron chi connectivity index (χ3n) is 6.39. The van der Waals surface area contributed by atoms with Crippen molar-refractivity contribution in [3.05, 3.63) is 133 Å². The Morgan fingerprint density at radius 2 is 0.886 bits per heavy atom. The van der Waals surface area contributed by atoms with Gasteiger partial charge in [-0.25, -0.2) is 0 Å². The Hall–Kier alpha value is -2.68. The monoisotopic (exact) mass is 572 g/mol. The van der Waals surface area contributed by atoms with Crippen molar-refractivity contribution in [3.8, 4) is 11.1 Å². The van der Waals surface area contributed by atoms with Gasteiger partial charge >= 0.3 is 0 Å². The van der Waals surface area contributed by atoms with E-state index in [2.05, 4.69) is 143 Å². The maximum Gasteiger partial charge on any atom is 0 e. The van der Waals surface area contributed by atoms with Crippen LogP contribution in [0.5, 0.6) is 0 Å². The zero-order valence-corrected chi connectivity index (χ0v) is 22.9. The summed E-state index contributed by atoms with van der Waals surface area (Å²) in [7, 11) is 2.26. The third-order valence-corrected chi connectivity index (χ3v) is 9.35. The first-order valence-electron chi connectivity index (χ1n) is 11.5. The summed E-state index contributed by atoms with van der Waals surface area (Å²) in [5, 5.41) is 10.5. The second kappa shape index (κ2) is 10.5. The van der Waals surface area contributed by atoms with Crippen molar-refractivity contribution in [3.63, 3.8) is 0 Å². The number of benzene rings is 6. The maximum atomic E-state index is 3.00. The Balaban J connectivity index is 0.00000253. The molecule has 0 amide bonds. The van der Waals surface area contributed by atoms with Crippen LogP contribution in [0.1, 0.15) is 0 Å². The van der Waals surface area contributed by atoms with Gasteiger partial charge in [-0.2, -0.15) is 0 Å². The van der Waals surface area contributed by atoms with Gasteiger partial charge in [0.15, 0.2) is 0 Å². The summed E-state index contributed by atoms with van der Waals surface area (Å²) in [6, 6.07) is 48.7. The molecule has 0 N–H and O–H groups in total. The van der Waals surface area contributed by atoms with Crippen molar-refractivity contribution in [1.29, 1.82) is 0 Å². The van der Waals surface area contributed by atoms with Gasteiger partial charge in [0, 0.05) is 19.5 Å². The number of hydrogen-bond acceptors (Lipinski definition) is 0. The van der Waals surface area contributed by atoms with Crippen molar-refractivity contribution in [2.45, 2.75) is 0 Å². The molecule has 0 aromatic heterocycles. The molecule has 170 valence electrons. The quantitative estimate of drug-likeness (QED) is 0.159. The van der Waals surface area contributed by atoms with E-state index in [9.17, 15) is 0 Å². The number of fused-ring (bicyclic) bond motifs is 2. The molecule has 0 saturated carbocycles. The van der Waals surface area contributed by atoms with Crippen LogP contribution in [-0.4, -0.2) is 0 Å². The van der Waals surface area contributed by atoms with E-state index in [-0.39, 0.29) is 19.5 Å². The van der Waals surface area contributed by atoms with E-state index in [1.54, 1.807) is 0 Å². The van der Waals surface area contributed by atoms with Gasteiger partial charge in [-0.3, -0.25) is 0 Å². The zero-order chi connectivity index (χ0) is 22.9. The van der Waals surface area contributed by atoms with Crippen molar-refractivity contribution in [2.75, 3.05) is 0 Å². The fraction of sp³-hybridized carbons (Fsp3) is 0. The minimum absolute atomic E-state index is 0. The van der Waals surface area contributed by atoms with E-state index < -0.39 is 7.92 Å². The second-order valence-corrected chi connectivity index (χ2v) is 11.2. The van der Waals surface area contributed by atoms with Crippen molar-refractivity contribution >= 4 is 59.9 Å². The molecule has 0 fully saturated rings. The first-order chi connectivity index (χ1) is 16.8. The predicted octanol–water partition coefficient (Wildman–Crippen LogP) is 6.92. The summed E-state index contributed by atoms with van der Waals surface area (Å²) in [4.78, 5) is 0. The first kappa shape index (κ1) is 24.0. The Labute approximate surface area is 223 Å². The summed E-state index contributed by atoms with van der Waals surface area (Å²) in [5.41, 5.74) is 2.66. The molecule has 0 aliphatic carbocycles. The molecule has 0 nitrogen and oxygen atoms in total.